The van der Waals surface area contributed by atoms with Gasteiger partial charge in [-0.2, -0.15) is 0 Å². The van der Waals surface area contributed by atoms with Gasteiger partial charge in [0.05, 0.1) is 21.8 Å². The zero-order valence-electron chi connectivity index (χ0n) is 16.2. The predicted molar refractivity (Wildman–Crippen MR) is 113 cm³/mol. The Bertz CT molecular complexity index is 990. The van der Waals surface area contributed by atoms with Crippen LogP contribution in [0.15, 0.2) is 41.4 Å². The molecule has 0 aromatic heterocycles. The van der Waals surface area contributed by atoms with Gasteiger partial charge in [0.15, 0.2) is 0 Å². The molecule has 1 N–H and O–H groups in total. The van der Waals surface area contributed by atoms with Crippen molar-refractivity contribution in [2.24, 2.45) is 4.99 Å². The number of rotatable bonds is 3. The largest absolute Gasteiger partial charge is 0.478 e. The number of aliphatic imine (C=N–C) groups is 1. The molecule has 0 spiro atoms. The van der Waals surface area contributed by atoms with Crippen LogP contribution in [0.5, 0.6) is 0 Å². The van der Waals surface area contributed by atoms with E-state index in [9.17, 15) is 4.79 Å². The van der Waals surface area contributed by atoms with Gasteiger partial charge in [-0.1, -0.05) is 17.7 Å². The van der Waals surface area contributed by atoms with Crippen LogP contribution < -0.4 is 4.90 Å². The van der Waals surface area contributed by atoms with Crippen LogP contribution in [0.25, 0.3) is 5.57 Å². The lowest BCUT2D eigenvalue weighted by Gasteiger charge is -2.40. The van der Waals surface area contributed by atoms with Gasteiger partial charge in [-0.15, -0.1) is 0 Å². The molecular formula is C22H23ClN2O2. The molecule has 27 heavy (non-hydrogen) atoms. The summed E-state index contributed by atoms with van der Waals surface area (Å²) in [4.78, 5) is 17.8. The number of likely N-dealkylation sites (N-methyl/N-ethyl adjacent to an activating group) is 1. The van der Waals surface area contributed by atoms with Crippen molar-refractivity contribution in [1.29, 1.82) is 0 Å². The van der Waals surface area contributed by atoms with Crippen LogP contribution in [0.4, 0.5) is 11.4 Å². The minimum Gasteiger partial charge on any atom is -0.478 e. The normalized spacial score (nSPS) is 15.6. The molecule has 0 radical (unpaired) electrons. The Kier molecular flexibility index (Phi) is 4.87. The summed E-state index contributed by atoms with van der Waals surface area (Å²) in [7, 11) is 2.07. The van der Waals surface area contributed by atoms with Crippen LogP contribution >= 0.6 is 11.6 Å². The second kappa shape index (κ2) is 6.86. The van der Waals surface area contributed by atoms with Gasteiger partial charge in [0, 0.05) is 30.1 Å². The van der Waals surface area contributed by atoms with Gasteiger partial charge in [0.25, 0.3) is 0 Å². The summed E-state index contributed by atoms with van der Waals surface area (Å²) in [6.45, 7) is 8.30. The highest BCUT2D eigenvalue weighted by Gasteiger charge is 2.29. The lowest BCUT2D eigenvalue weighted by atomic mass is 9.88. The van der Waals surface area contributed by atoms with Gasteiger partial charge in [-0.25, -0.2) is 4.79 Å². The molecule has 0 unspecified atom stereocenters. The number of carboxylic acid groups (broad SMARTS) is 1. The molecule has 1 aliphatic rings. The summed E-state index contributed by atoms with van der Waals surface area (Å²) in [6.07, 6.45) is 3.98. The molecule has 2 aromatic rings. The van der Waals surface area contributed by atoms with Crippen molar-refractivity contribution in [3.05, 3.63) is 63.7 Å². The van der Waals surface area contributed by atoms with E-state index in [0.29, 0.717) is 5.02 Å². The number of benzene rings is 2. The van der Waals surface area contributed by atoms with E-state index >= 15 is 0 Å². The summed E-state index contributed by atoms with van der Waals surface area (Å²) in [5, 5.41) is 9.71. The standard InChI is InChI=1S/C22H23ClN2O2/c1-13-8-15(21(26)27)6-7-19(13)24-12-16-9-17-14(2)11-22(3,4)25(5)20(17)10-18(16)23/h6-12H,1-5H3,(H,26,27). The number of allylic oxidation sites excluding steroid dienone is 1. The van der Waals surface area contributed by atoms with Crippen molar-refractivity contribution >= 4 is 40.7 Å². The first-order chi connectivity index (χ1) is 12.6. The van der Waals surface area contributed by atoms with E-state index in [1.54, 1.807) is 24.4 Å². The first-order valence-electron chi connectivity index (χ1n) is 8.75. The molecule has 3 rings (SSSR count). The maximum absolute atomic E-state index is 11.1. The molecule has 0 fully saturated rings. The van der Waals surface area contributed by atoms with Crippen molar-refractivity contribution in [3.63, 3.8) is 0 Å². The number of nitrogens with zero attached hydrogens (tertiary/aromatic N) is 2. The second-order valence-corrected chi connectivity index (χ2v) is 7.90. The van der Waals surface area contributed by atoms with Crippen LogP contribution in [-0.4, -0.2) is 29.9 Å². The zero-order valence-corrected chi connectivity index (χ0v) is 16.9. The van der Waals surface area contributed by atoms with Crippen molar-refractivity contribution in [3.8, 4) is 0 Å². The number of aromatic carboxylic acids is 1. The smallest absolute Gasteiger partial charge is 0.335 e. The molecule has 4 nitrogen and oxygen atoms in total. The topological polar surface area (TPSA) is 52.9 Å². The SMILES string of the molecule is CC1=CC(C)(C)N(C)c2cc(Cl)c(C=Nc3ccc(C(=O)O)cc3C)cc21. The predicted octanol–water partition coefficient (Wildman–Crippen LogP) is 5.73. The van der Waals surface area contributed by atoms with Crippen LogP contribution in [-0.2, 0) is 0 Å². The van der Waals surface area contributed by atoms with Gasteiger partial charge in [-0.3, -0.25) is 4.99 Å². The fraction of sp³-hybridized carbons (Fsp3) is 0.273. The number of hydrogen-bond acceptors (Lipinski definition) is 3. The van der Waals surface area contributed by atoms with E-state index in [2.05, 4.69) is 49.9 Å². The molecule has 5 heteroatoms. The molecule has 0 aliphatic carbocycles. The number of halogens is 1. The summed E-state index contributed by atoms with van der Waals surface area (Å²) in [5.41, 5.74) is 5.99. The van der Waals surface area contributed by atoms with Crippen LogP contribution in [0.3, 0.4) is 0 Å². The summed E-state index contributed by atoms with van der Waals surface area (Å²) >= 11 is 6.53. The monoisotopic (exact) mass is 382 g/mol. The van der Waals surface area contributed by atoms with Crippen LogP contribution in [0, 0.1) is 6.92 Å². The molecule has 0 amide bonds. The molecule has 0 bridgehead atoms. The van der Waals surface area contributed by atoms with Crippen molar-refractivity contribution in [1.82, 2.24) is 0 Å². The minimum atomic E-state index is -0.944. The molecule has 140 valence electrons. The molecular weight excluding hydrogens is 360 g/mol. The summed E-state index contributed by atoms with van der Waals surface area (Å²) in [5.74, 6) is -0.944. The third-order valence-electron chi connectivity index (χ3n) is 5.12. The fourth-order valence-electron chi connectivity index (χ4n) is 3.36. The van der Waals surface area contributed by atoms with E-state index in [1.807, 2.05) is 13.0 Å². The lowest BCUT2D eigenvalue weighted by Crippen LogP contribution is -2.42. The Morgan fingerprint density at radius 3 is 2.56 bits per heavy atom. The van der Waals surface area contributed by atoms with Gasteiger partial charge in [0.1, 0.15) is 0 Å². The van der Waals surface area contributed by atoms with Crippen LogP contribution in [0.2, 0.25) is 5.02 Å². The average Bonchev–Trinajstić information content (AvgIpc) is 2.58. The van der Waals surface area contributed by atoms with Crippen molar-refractivity contribution < 1.29 is 9.90 Å². The minimum absolute atomic E-state index is 0.0704. The highest BCUT2D eigenvalue weighted by Crippen LogP contribution is 2.40. The molecule has 0 atom stereocenters. The molecule has 0 saturated carbocycles. The Morgan fingerprint density at radius 2 is 1.93 bits per heavy atom. The summed E-state index contributed by atoms with van der Waals surface area (Å²) in [6, 6.07) is 8.92. The van der Waals surface area contributed by atoms with Crippen LogP contribution in [0.1, 0.15) is 47.8 Å². The van der Waals surface area contributed by atoms with E-state index in [0.717, 1.165) is 28.1 Å². The molecule has 2 aromatic carbocycles. The fourth-order valence-corrected chi connectivity index (χ4v) is 3.57. The Hall–Kier alpha value is -2.59. The molecule has 1 aliphatic heterocycles. The number of fused-ring (bicyclic) bond motifs is 1. The second-order valence-electron chi connectivity index (χ2n) is 7.50. The number of anilines is 1. The maximum Gasteiger partial charge on any atom is 0.335 e. The van der Waals surface area contributed by atoms with Gasteiger partial charge < -0.3 is 10.0 Å². The maximum atomic E-state index is 11.1. The highest BCUT2D eigenvalue weighted by molar-refractivity contribution is 6.33. The van der Waals surface area contributed by atoms with Gasteiger partial charge >= 0.3 is 5.97 Å². The first kappa shape index (κ1) is 19.2. The van der Waals surface area contributed by atoms with Gasteiger partial charge in [-0.05, 0) is 69.2 Å². The number of aryl methyl sites for hydroxylation is 1. The Balaban J connectivity index is 1.99. The van der Waals surface area contributed by atoms with Crippen molar-refractivity contribution in [2.45, 2.75) is 33.2 Å². The number of carboxylic acids is 1. The van der Waals surface area contributed by atoms with E-state index in [4.69, 9.17) is 16.7 Å². The van der Waals surface area contributed by atoms with Crippen molar-refractivity contribution in [2.75, 3.05) is 11.9 Å². The summed E-state index contributed by atoms with van der Waals surface area (Å²) < 4.78 is 0. The lowest BCUT2D eigenvalue weighted by molar-refractivity contribution is 0.0697. The quantitative estimate of drug-likeness (QED) is 0.689. The van der Waals surface area contributed by atoms with E-state index in [1.165, 1.54) is 5.57 Å². The molecule has 0 saturated heterocycles. The average molecular weight is 383 g/mol. The van der Waals surface area contributed by atoms with E-state index < -0.39 is 5.97 Å². The zero-order chi connectivity index (χ0) is 19.9. The number of carbonyl (C=O) groups is 1. The third-order valence-corrected chi connectivity index (χ3v) is 5.45. The Labute approximate surface area is 164 Å². The Morgan fingerprint density at radius 1 is 1.22 bits per heavy atom. The highest BCUT2D eigenvalue weighted by atomic mass is 35.5. The molecule has 1 heterocycles. The third kappa shape index (κ3) is 3.62. The van der Waals surface area contributed by atoms with Gasteiger partial charge in [0.2, 0.25) is 0 Å². The first-order valence-corrected chi connectivity index (χ1v) is 9.13. The number of hydrogen-bond donors (Lipinski definition) is 1. The van der Waals surface area contributed by atoms with E-state index in [-0.39, 0.29) is 11.1 Å².